The lowest BCUT2D eigenvalue weighted by molar-refractivity contribution is 0.107. The van der Waals surface area contributed by atoms with E-state index in [2.05, 4.69) is 11.9 Å². The Morgan fingerprint density at radius 3 is 2.82 bits per heavy atom. The lowest BCUT2D eigenvalue weighted by Crippen LogP contribution is -2.31. The highest BCUT2D eigenvalue weighted by Crippen LogP contribution is 2.15. The SMILES string of the molecule is C=CCNCC(O)COc1ccc(F)c(F)c1. The molecule has 0 aliphatic heterocycles. The van der Waals surface area contributed by atoms with E-state index >= 15 is 0 Å². The first kappa shape index (κ1) is 13.6. The standard InChI is InChI=1S/C12H15F2NO2/c1-2-5-15-7-9(16)8-17-10-3-4-11(13)12(14)6-10/h2-4,6,9,15-16H,1,5,7-8H2. The summed E-state index contributed by atoms with van der Waals surface area (Å²) in [4.78, 5) is 0. The first-order valence-electron chi connectivity index (χ1n) is 5.21. The molecule has 2 N–H and O–H groups in total. The van der Waals surface area contributed by atoms with E-state index in [9.17, 15) is 13.9 Å². The van der Waals surface area contributed by atoms with E-state index in [4.69, 9.17) is 4.74 Å². The Kier molecular flexibility index (Phi) is 5.59. The summed E-state index contributed by atoms with van der Waals surface area (Å²) in [5.74, 6) is -1.71. The lowest BCUT2D eigenvalue weighted by atomic mass is 10.3. The molecule has 17 heavy (non-hydrogen) atoms. The van der Waals surface area contributed by atoms with Gasteiger partial charge in [0.05, 0.1) is 0 Å². The van der Waals surface area contributed by atoms with Crippen molar-refractivity contribution in [2.75, 3.05) is 19.7 Å². The fraction of sp³-hybridized carbons (Fsp3) is 0.333. The predicted octanol–water partition coefficient (Wildman–Crippen LogP) is 1.48. The van der Waals surface area contributed by atoms with Crippen LogP contribution in [0.4, 0.5) is 8.78 Å². The molecule has 1 atom stereocenters. The molecule has 0 aliphatic rings. The second kappa shape index (κ2) is 6.98. The van der Waals surface area contributed by atoms with Gasteiger partial charge in [-0.3, -0.25) is 0 Å². The minimum absolute atomic E-state index is 0.00914. The number of hydrogen-bond donors (Lipinski definition) is 2. The summed E-state index contributed by atoms with van der Waals surface area (Å²) in [6.07, 6.45) is 0.950. The summed E-state index contributed by atoms with van der Waals surface area (Å²) in [5.41, 5.74) is 0. The average molecular weight is 243 g/mol. The zero-order valence-electron chi connectivity index (χ0n) is 9.33. The maximum absolute atomic E-state index is 12.8. The predicted molar refractivity (Wildman–Crippen MR) is 60.9 cm³/mol. The molecule has 3 nitrogen and oxygen atoms in total. The van der Waals surface area contributed by atoms with Gasteiger partial charge in [-0.05, 0) is 12.1 Å². The van der Waals surface area contributed by atoms with Crippen molar-refractivity contribution in [1.82, 2.24) is 5.32 Å². The highest BCUT2D eigenvalue weighted by Gasteiger charge is 2.06. The van der Waals surface area contributed by atoms with Gasteiger partial charge < -0.3 is 15.2 Å². The summed E-state index contributed by atoms with van der Waals surface area (Å²) in [6, 6.07) is 3.23. The third kappa shape index (κ3) is 4.93. The summed E-state index contributed by atoms with van der Waals surface area (Å²) >= 11 is 0. The van der Waals surface area contributed by atoms with E-state index in [1.165, 1.54) is 6.07 Å². The van der Waals surface area contributed by atoms with Crippen LogP contribution in [0.3, 0.4) is 0 Å². The van der Waals surface area contributed by atoms with Gasteiger partial charge >= 0.3 is 0 Å². The van der Waals surface area contributed by atoms with Crippen LogP contribution in [-0.2, 0) is 0 Å². The van der Waals surface area contributed by atoms with Crippen LogP contribution in [-0.4, -0.2) is 30.9 Å². The first-order chi connectivity index (χ1) is 8.13. The molecule has 94 valence electrons. The number of aliphatic hydroxyl groups excluding tert-OH is 1. The van der Waals surface area contributed by atoms with Crippen LogP contribution in [0.15, 0.2) is 30.9 Å². The fourth-order valence-electron chi connectivity index (χ4n) is 1.17. The van der Waals surface area contributed by atoms with E-state index in [1.807, 2.05) is 0 Å². The largest absolute Gasteiger partial charge is 0.491 e. The third-order valence-corrected chi connectivity index (χ3v) is 2.00. The number of hydrogen-bond acceptors (Lipinski definition) is 3. The summed E-state index contributed by atoms with van der Waals surface area (Å²) in [7, 11) is 0. The minimum atomic E-state index is -0.971. The van der Waals surface area contributed by atoms with Crippen molar-refractivity contribution in [2.24, 2.45) is 0 Å². The van der Waals surface area contributed by atoms with Gasteiger partial charge in [0.15, 0.2) is 11.6 Å². The number of nitrogens with one attached hydrogen (secondary N) is 1. The fourth-order valence-corrected chi connectivity index (χ4v) is 1.17. The van der Waals surface area contributed by atoms with Crippen molar-refractivity contribution in [3.05, 3.63) is 42.5 Å². The Balaban J connectivity index is 2.34. The molecular formula is C12H15F2NO2. The van der Waals surface area contributed by atoms with Gasteiger partial charge in [-0.15, -0.1) is 6.58 Å². The van der Waals surface area contributed by atoms with Crippen LogP contribution >= 0.6 is 0 Å². The molecule has 0 heterocycles. The van der Waals surface area contributed by atoms with Crippen molar-refractivity contribution >= 4 is 0 Å². The second-order valence-corrected chi connectivity index (χ2v) is 3.49. The highest BCUT2D eigenvalue weighted by molar-refractivity contribution is 5.23. The van der Waals surface area contributed by atoms with Crippen LogP contribution in [0.5, 0.6) is 5.75 Å². The maximum atomic E-state index is 12.8. The molecule has 0 spiro atoms. The number of rotatable bonds is 7. The number of halogens is 2. The zero-order chi connectivity index (χ0) is 12.7. The summed E-state index contributed by atoms with van der Waals surface area (Å²) in [5, 5.41) is 12.4. The van der Waals surface area contributed by atoms with Gasteiger partial charge in [-0.2, -0.15) is 0 Å². The van der Waals surface area contributed by atoms with E-state index in [-0.39, 0.29) is 12.4 Å². The summed E-state index contributed by atoms with van der Waals surface area (Å²) < 4.78 is 30.5. The molecule has 1 aromatic rings. The Bertz CT molecular complexity index is 372. The van der Waals surface area contributed by atoms with Crippen LogP contribution in [0.2, 0.25) is 0 Å². The molecule has 0 saturated heterocycles. The molecule has 0 amide bonds. The molecule has 0 fully saturated rings. The highest BCUT2D eigenvalue weighted by atomic mass is 19.2. The Hall–Kier alpha value is -1.46. The van der Waals surface area contributed by atoms with Crippen LogP contribution in [0.1, 0.15) is 0 Å². The molecule has 0 aliphatic carbocycles. The topological polar surface area (TPSA) is 41.5 Å². The first-order valence-corrected chi connectivity index (χ1v) is 5.21. The van der Waals surface area contributed by atoms with Crippen LogP contribution in [0, 0.1) is 11.6 Å². The zero-order valence-corrected chi connectivity index (χ0v) is 9.33. The van der Waals surface area contributed by atoms with Gasteiger partial charge in [0, 0.05) is 19.2 Å². The molecule has 0 saturated carbocycles. The van der Waals surface area contributed by atoms with Crippen LogP contribution in [0.25, 0.3) is 0 Å². The van der Waals surface area contributed by atoms with Crippen molar-refractivity contribution < 1.29 is 18.6 Å². The Labute approximate surface area is 98.7 Å². The minimum Gasteiger partial charge on any atom is -0.491 e. The molecule has 0 aromatic heterocycles. The van der Waals surface area contributed by atoms with E-state index in [1.54, 1.807) is 6.08 Å². The van der Waals surface area contributed by atoms with Crippen molar-refractivity contribution in [3.8, 4) is 5.75 Å². The molecule has 1 unspecified atom stereocenters. The van der Waals surface area contributed by atoms with Crippen LogP contribution < -0.4 is 10.1 Å². The normalized spacial score (nSPS) is 12.2. The molecule has 0 bridgehead atoms. The van der Waals surface area contributed by atoms with E-state index in [0.717, 1.165) is 12.1 Å². The molecular weight excluding hydrogens is 228 g/mol. The average Bonchev–Trinajstić information content (AvgIpc) is 2.31. The number of aliphatic hydroxyl groups is 1. The monoisotopic (exact) mass is 243 g/mol. The maximum Gasteiger partial charge on any atom is 0.162 e. The molecule has 1 aromatic carbocycles. The smallest absolute Gasteiger partial charge is 0.162 e. The molecule has 0 radical (unpaired) electrons. The number of benzene rings is 1. The van der Waals surface area contributed by atoms with E-state index in [0.29, 0.717) is 13.1 Å². The quantitative estimate of drug-likeness (QED) is 0.563. The number of ether oxygens (including phenoxy) is 1. The second-order valence-electron chi connectivity index (χ2n) is 3.49. The lowest BCUT2D eigenvalue weighted by Gasteiger charge is -2.12. The van der Waals surface area contributed by atoms with Gasteiger partial charge in [0.1, 0.15) is 18.5 Å². The van der Waals surface area contributed by atoms with Crippen molar-refractivity contribution in [2.45, 2.75) is 6.10 Å². The third-order valence-electron chi connectivity index (χ3n) is 2.00. The van der Waals surface area contributed by atoms with Gasteiger partial charge in [0.2, 0.25) is 0 Å². The van der Waals surface area contributed by atoms with Gasteiger partial charge in [0.25, 0.3) is 0 Å². The Morgan fingerprint density at radius 2 is 2.18 bits per heavy atom. The Morgan fingerprint density at radius 1 is 1.41 bits per heavy atom. The van der Waals surface area contributed by atoms with Crippen molar-refractivity contribution in [3.63, 3.8) is 0 Å². The van der Waals surface area contributed by atoms with Crippen molar-refractivity contribution in [1.29, 1.82) is 0 Å². The van der Waals surface area contributed by atoms with Gasteiger partial charge in [-0.25, -0.2) is 8.78 Å². The summed E-state index contributed by atoms with van der Waals surface area (Å²) in [6.45, 7) is 4.45. The van der Waals surface area contributed by atoms with Gasteiger partial charge in [-0.1, -0.05) is 6.08 Å². The molecule has 1 rings (SSSR count). The van der Waals surface area contributed by atoms with E-state index < -0.39 is 17.7 Å². The molecule has 5 heteroatoms.